The molecule has 2 N–H and O–H groups in total. The smallest absolute Gasteiger partial charge is 0.258 e. The number of aliphatic hydroxyl groups excluding tert-OH is 1. The summed E-state index contributed by atoms with van der Waals surface area (Å²) in [6.07, 6.45) is 3.54. The highest BCUT2D eigenvalue weighted by Gasteiger charge is 2.18. The molecular weight excluding hydrogens is 282 g/mol. The van der Waals surface area contributed by atoms with Crippen LogP contribution in [0.15, 0.2) is 12.7 Å². The fraction of sp³-hybridized carbons (Fsp3) is 0.545. The van der Waals surface area contributed by atoms with E-state index in [0.29, 0.717) is 24.9 Å². The van der Waals surface area contributed by atoms with Gasteiger partial charge < -0.3 is 10.4 Å². The molecule has 0 bridgehead atoms. The molecule has 8 nitrogen and oxygen atoms in total. The topological polar surface area (TPSA) is 102 Å². The van der Waals surface area contributed by atoms with Gasteiger partial charge in [-0.05, 0) is 23.4 Å². The molecule has 108 valence electrons. The van der Waals surface area contributed by atoms with Crippen molar-refractivity contribution in [1.29, 1.82) is 0 Å². The first kappa shape index (κ1) is 14.6. The predicted octanol–water partition coefficient (Wildman–Crippen LogP) is 0.926. The van der Waals surface area contributed by atoms with Crippen molar-refractivity contribution in [2.75, 3.05) is 18.5 Å². The minimum absolute atomic E-state index is 0.0768. The monoisotopic (exact) mass is 297 g/mol. The molecule has 20 heavy (non-hydrogen) atoms. The SMILES string of the molecule is CC(C)(CCO)CNc1nc(Cl)nc(-n2cncn2)n1. The van der Waals surface area contributed by atoms with Crippen LogP contribution >= 0.6 is 11.6 Å². The van der Waals surface area contributed by atoms with Crippen molar-refractivity contribution in [3.05, 3.63) is 17.9 Å². The van der Waals surface area contributed by atoms with E-state index in [9.17, 15) is 0 Å². The molecule has 0 aliphatic carbocycles. The third-order valence-electron chi connectivity index (χ3n) is 2.73. The molecule has 2 aromatic rings. The largest absolute Gasteiger partial charge is 0.396 e. The highest BCUT2D eigenvalue weighted by molar-refractivity contribution is 6.28. The third-order valence-corrected chi connectivity index (χ3v) is 2.90. The molecule has 0 fully saturated rings. The van der Waals surface area contributed by atoms with Crippen LogP contribution in [0.5, 0.6) is 0 Å². The van der Waals surface area contributed by atoms with Gasteiger partial charge in [0.15, 0.2) is 0 Å². The van der Waals surface area contributed by atoms with E-state index in [-0.39, 0.29) is 17.3 Å². The summed E-state index contributed by atoms with van der Waals surface area (Å²) in [6, 6.07) is 0. The van der Waals surface area contributed by atoms with Crippen molar-refractivity contribution >= 4 is 17.5 Å². The summed E-state index contributed by atoms with van der Waals surface area (Å²) in [7, 11) is 0. The van der Waals surface area contributed by atoms with Crippen LogP contribution in [0, 0.1) is 5.41 Å². The van der Waals surface area contributed by atoms with Gasteiger partial charge in [-0.2, -0.15) is 24.7 Å². The second-order valence-corrected chi connectivity index (χ2v) is 5.40. The molecule has 0 atom stereocenters. The van der Waals surface area contributed by atoms with Crippen molar-refractivity contribution in [3.63, 3.8) is 0 Å². The Bertz CT molecular complexity index is 558. The molecule has 2 aromatic heterocycles. The Morgan fingerprint density at radius 2 is 2.15 bits per heavy atom. The van der Waals surface area contributed by atoms with Gasteiger partial charge in [-0.15, -0.1) is 0 Å². The van der Waals surface area contributed by atoms with Crippen LogP contribution in [0.25, 0.3) is 5.95 Å². The van der Waals surface area contributed by atoms with Crippen molar-refractivity contribution in [3.8, 4) is 5.95 Å². The Kier molecular flexibility index (Phi) is 4.46. The average molecular weight is 298 g/mol. The van der Waals surface area contributed by atoms with Gasteiger partial charge >= 0.3 is 0 Å². The summed E-state index contributed by atoms with van der Waals surface area (Å²) in [5.41, 5.74) is -0.0821. The number of aromatic nitrogens is 6. The van der Waals surface area contributed by atoms with E-state index >= 15 is 0 Å². The van der Waals surface area contributed by atoms with E-state index in [1.165, 1.54) is 17.3 Å². The first-order valence-electron chi connectivity index (χ1n) is 6.11. The Balaban J connectivity index is 2.13. The summed E-state index contributed by atoms with van der Waals surface area (Å²) >= 11 is 5.87. The number of halogens is 1. The lowest BCUT2D eigenvalue weighted by molar-refractivity contribution is 0.220. The van der Waals surface area contributed by atoms with Crippen LogP contribution < -0.4 is 5.32 Å². The first-order valence-corrected chi connectivity index (χ1v) is 6.49. The molecule has 2 rings (SSSR count). The zero-order valence-electron chi connectivity index (χ0n) is 11.3. The fourth-order valence-electron chi connectivity index (χ4n) is 1.54. The van der Waals surface area contributed by atoms with E-state index in [1.807, 2.05) is 13.8 Å². The van der Waals surface area contributed by atoms with Gasteiger partial charge in [0.1, 0.15) is 12.7 Å². The maximum absolute atomic E-state index is 9.00. The van der Waals surface area contributed by atoms with E-state index in [4.69, 9.17) is 16.7 Å². The van der Waals surface area contributed by atoms with E-state index in [2.05, 4.69) is 30.4 Å². The highest BCUT2D eigenvalue weighted by atomic mass is 35.5. The summed E-state index contributed by atoms with van der Waals surface area (Å²) < 4.78 is 1.40. The van der Waals surface area contributed by atoms with Crippen LogP contribution in [-0.2, 0) is 0 Å². The van der Waals surface area contributed by atoms with Gasteiger partial charge in [0.05, 0.1) is 0 Å². The number of hydrogen-bond acceptors (Lipinski definition) is 7. The maximum Gasteiger partial charge on any atom is 0.258 e. The molecule has 9 heteroatoms. The van der Waals surface area contributed by atoms with Gasteiger partial charge in [0.2, 0.25) is 11.2 Å². The van der Waals surface area contributed by atoms with Crippen LogP contribution in [0.2, 0.25) is 5.28 Å². The van der Waals surface area contributed by atoms with E-state index in [1.54, 1.807) is 0 Å². The Morgan fingerprint density at radius 3 is 2.80 bits per heavy atom. The number of nitrogens with zero attached hydrogens (tertiary/aromatic N) is 6. The predicted molar refractivity (Wildman–Crippen MR) is 73.7 cm³/mol. The molecule has 0 saturated carbocycles. The van der Waals surface area contributed by atoms with Crippen molar-refractivity contribution < 1.29 is 5.11 Å². The van der Waals surface area contributed by atoms with Gasteiger partial charge in [0, 0.05) is 13.2 Å². The zero-order chi connectivity index (χ0) is 14.6. The lowest BCUT2D eigenvalue weighted by Crippen LogP contribution is -2.25. The van der Waals surface area contributed by atoms with Crippen LogP contribution in [-0.4, -0.2) is 48.0 Å². The fourth-order valence-corrected chi connectivity index (χ4v) is 1.70. The highest BCUT2D eigenvalue weighted by Crippen LogP contribution is 2.20. The normalized spacial score (nSPS) is 11.6. The average Bonchev–Trinajstić information content (AvgIpc) is 2.90. The molecule has 0 aliphatic rings. The van der Waals surface area contributed by atoms with Crippen molar-refractivity contribution in [2.45, 2.75) is 20.3 Å². The molecule has 2 heterocycles. The summed E-state index contributed by atoms with van der Waals surface area (Å²) in [5, 5.41) is 16.1. The number of anilines is 1. The molecule has 0 amide bonds. The maximum atomic E-state index is 9.00. The molecule has 0 saturated heterocycles. The van der Waals surface area contributed by atoms with Crippen LogP contribution in [0.1, 0.15) is 20.3 Å². The molecule has 0 aliphatic heterocycles. The van der Waals surface area contributed by atoms with E-state index in [0.717, 1.165) is 0 Å². The molecule has 0 unspecified atom stereocenters. The number of nitrogens with one attached hydrogen (secondary N) is 1. The number of aliphatic hydroxyl groups is 1. The second kappa shape index (κ2) is 6.10. The van der Waals surface area contributed by atoms with Crippen LogP contribution in [0.4, 0.5) is 5.95 Å². The summed E-state index contributed by atoms with van der Waals surface area (Å²) in [4.78, 5) is 16.0. The lowest BCUT2D eigenvalue weighted by Gasteiger charge is -2.23. The molecule has 0 radical (unpaired) electrons. The van der Waals surface area contributed by atoms with Gasteiger partial charge in [0.25, 0.3) is 5.95 Å². The van der Waals surface area contributed by atoms with Gasteiger partial charge in [-0.1, -0.05) is 13.8 Å². The molecular formula is C11H16ClN7O. The summed E-state index contributed by atoms with van der Waals surface area (Å²) in [6.45, 7) is 4.82. The molecule has 0 spiro atoms. The minimum atomic E-state index is -0.0821. The first-order chi connectivity index (χ1) is 9.50. The minimum Gasteiger partial charge on any atom is -0.396 e. The summed E-state index contributed by atoms with van der Waals surface area (Å²) in [5.74, 6) is 0.659. The molecule has 0 aromatic carbocycles. The van der Waals surface area contributed by atoms with E-state index < -0.39 is 0 Å². The van der Waals surface area contributed by atoms with Gasteiger partial charge in [-0.25, -0.2) is 4.98 Å². The van der Waals surface area contributed by atoms with Crippen molar-refractivity contribution in [2.24, 2.45) is 5.41 Å². The number of rotatable bonds is 6. The second-order valence-electron chi connectivity index (χ2n) is 5.06. The Hall–Kier alpha value is -1.80. The van der Waals surface area contributed by atoms with Gasteiger partial charge in [-0.3, -0.25) is 0 Å². The standard InChI is InChI=1S/C11H16ClN7O/c1-11(2,3-4-20)5-14-9-16-8(12)17-10(18-9)19-7-13-6-15-19/h6-7,20H,3-5H2,1-2H3,(H,14,16,17,18). The zero-order valence-corrected chi connectivity index (χ0v) is 12.0. The quantitative estimate of drug-likeness (QED) is 0.817. The Morgan fingerprint density at radius 1 is 1.35 bits per heavy atom. The third kappa shape index (κ3) is 3.84. The lowest BCUT2D eigenvalue weighted by atomic mass is 9.90. The van der Waals surface area contributed by atoms with Crippen molar-refractivity contribution in [1.82, 2.24) is 29.7 Å². The number of hydrogen-bond donors (Lipinski definition) is 2. The van der Waals surface area contributed by atoms with Crippen LogP contribution in [0.3, 0.4) is 0 Å². The Labute approximate surface area is 121 Å².